The van der Waals surface area contributed by atoms with E-state index in [1.54, 1.807) is 21.0 Å². The molecule has 0 aromatic rings. The standard InChI is InChI=1S/C10H22N2O2/c1-6-10(3,11)7-14-8(2)9(13)12(4)5/h8H,6-7,11H2,1-5H3. The molecule has 0 aromatic heterocycles. The lowest BCUT2D eigenvalue weighted by molar-refractivity contribution is -0.140. The molecular formula is C10H22N2O2. The average molecular weight is 202 g/mol. The summed E-state index contributed by atoms with van der Waals surface area (Å²) in [5.41, 5.74) is 5.54. The van der Waals surface area contributed by atoms with Gasteiger partial charge in [0.1, 0.15) is 6.10 Å². The van der Waals surface area contributed by atoms with Crippen LogP contribution in [0.1, 0.15) is 27.2 Å². The normalized spacial score (nSPS) is 17.3. The molecule has 84 valence electrons. The Morgan fingerprint density at radius 2 is 2.07 bits per heavy atom. The van der Waals surface area contributed by atoms with Crippen molar-refractivity contribution in [2.24, 2.45) is 5.73 Å². The van der Waals surface area contributed by atoms with E-state index in [1.165, 1.54) is 4.90 Å². The van der Waals surface area contributed by atoms with Crippen LogP contribution in [-0.2, 0) is 9.53 Å². The lowest BCUT2D eigenvalue weighted by Gasteiger charge is -2.25. The summed E-state index contributed by atoms with van der Waals surface area (Å²) < 4.78 is 5.40. The maximum atomic E-state index is 11.4. The van der Waals surface area contributed by atoms with E-state index < -0.39 is 6.10 Å². The van der Waals surface area contributed by atoms with Crippen molar-refractivity contribution in [2.75, 3.05) is 20.7 Å². The van der Waals surface area contributed by atoms with Crippen LogP contribution in [-0.4, -0.2) is 43.2 Å². The molecule has 0 aliphatic rings. The molecule has 2 atom stereocenters. The molecule has 0 spiro atoms. The topological polar surface area (TPSA) is 55.6 Å². The first kappa shape index (κ1) is 13.4. The van der Waals surface area contributed by atoms with E-state index in [-0.39, 0.29) is 11.4 Å². The summed E-state index contributed by atoms with van der Waals surface area (Å²) in [6.45, 7) is 6.07. The van der Waals surface area contributed by atoms with E-state index in [1.807, 2.05) is 13.8 Å². The molecular weight excluding hydrogens is 180 g/mol. The molecule has 0 saturated carbocycles. The van der Waals surface area contributed by atoms with Crippen LogP contribution >= 0.6 is 0 Å². The zero-order valence-corrected chi connectivity index (χ0v) is 9.83. The van der Waals surface area contributed by atoms with Crippen LogP contribution in [0, 0.1) is 0 Å². The van der Waals surface area contributed by atoms with Gasteiger partial charge in [-0.25, -0.2) is 0 Å². The Bertz CT molecular complexity index is 191. The number of rotatable bonds is 5. The van der Waals surface area contributed by atoms with Gasteiger partial charge < -0.3 is 15.4 Å². The van der Waals surface area contributed by atoms with Gasteiger partial charge in [-0.05, 0) is 20.3 Å². The van der Waals surface area contributed by atoms with E-state index in [2.05, 4.69) is 0 Å². The number of nitrogens with zero attached hydrogens (tertiary/aromatic N) is 1. The Morgan fingerprint density at radius 3 is 2.43 bits per heavy atom. The molecule has 0 fully saturated rings. The Kier molecular flexibility index (Phi) is 5.08. The van der Waals surface area contributed by atoms with Crippen molar-refractivity contribution < 1.29 is 9.53 Å². The number of carbonyl (C=O) groups is 1. The van der Waals surface area contributed by atoms with E-state index in [0.717, 1.165) is 6.42 Å². The molecule has 2 N–H and O–H groups in total. The van der Waals surface area contributed by atoms with Gasteiger partial charge in [0.25, 0.3) is 5.91 Å². The van der Waals surface area contributed by atoms with Crippen LogP contribution in [0.3, 0.4) is 0 Å². The minimum Gasteiger partial charge on any atom is -0.367 e. The third kappa shape index (κ3) is 4.58. The summed E-state index contributed by atoms with van der Waals surface area (Å²) in [7, 11) is 3.42. The largest absolute Gasteiger partial charge is 0.367 e. The SMILES string of the molecule is CCC(C)(N)COC(C)C(=O)N(C)C. The van der Waals surface area contributed by atoms with Gasteiger partial charge in [0.05, 0.1) is 6.61 Å². The van der Waals surface area contributed by atoms with Crippen LogP contribution in [0.25, 0.3) is 0 Å². The van der Waals surface area contributed by atoms with E-state index in [4.69, 9.17) is 10.5 Å². The molecule has 0 aliphatic carbocycles. The lowest BCUT2D eigenvalue weighted by Crippen LogP contribution is -2.43. The maximum Gasteiger partial charge on any atom is 0.250 e. The molecule has 0 radical (unpaired) electrons. The second-order valence-corrected chi connectivity index (χ2v) is 4.19. The maximum absolute atomic E-state index is 11.4. The van der Waals surface area contributed by atoms with Crippen LogP contribution in [0.4, 0.5) is 0 Å². The van der Waals surface area contributed by atoms with Crippen molar-refractivity contribution in [3.05, 3.63) is 0 Å². The average Bonchev–Trinajstić information content (AvgIpc) is 2.13. The number of hydrogen-bond acceptors (Lipinski definition) is 3. The van der Waals surface area contributed by atoms with Gasteiger partial charge in [-0.2, -0.15) is 0 Å². The molecule has 0 heterocycles. The summed E-state index contributed by atoms with van der Waals surface area (Å²) in [5.74, 6) is -0.0306. The first-order valence-electron chi connectivity index (χ1n) is 4.92. The highest BCUT2D eigenvalue weighted by atomic mass is 16.5. The van der Waals surface area contributed by atoms with Crippen LogP contribution in [0.2, 0.25) is 0 Å². The molecule has 0 bridgehead atoms. The highest BCUT2D eigenvalue weighted by Crippen LogP contribution is 2.07. The minimum atomic E-state index is -0.417. The highest BCUT2D eigenvalue weighted by Gasteiger charge is 2.21. The van der Waals surface area contributed by atoms with Gasteiger partial charge in [0.15, 0.2) is 0 Å². The predicted octanol–water partition coefficient (Wildman–Crippen LogP) is 0.607. The highest BCUT2D eigenvalue weighted by molar-refractivity contribution is 5.79. The molecule has 1 amide bonds. The van der Waals surface area contributed by atoms with E-state index in [0.29, 0.717) is 6.61 Å². The van der Waals surface area contributed by atoms with Gasteiger partial charge in [-0.15, -0.1) is 0 Å². The third-order valence-corrected chi connectivity index (χ3v) is 2.26. The van der Waals surface area contributed by atoms with Crippen molar-refractivity contribution >= 4 is 5.91 Å². The number of amides is 1. The molecule has 4 heteroatoms. The molecule has 14 heavy (non-hydrogen) atoms. The Morgan fingerprint density at radius 1 is 1.57 bits per heavy atom. The van der Waals surface area contributed by atoms with Gasteiger partial charge in [-0.3, -0.25) is 4.79 Å². The third-order valence-electron chi connectivity index (χ3n) is 2.26. The fourth-order valence-corrected chi connectivity index (χ4v) is 0.852. The van der Waals surface area contributed by atoms with Crippen LogP contribution in [0.5, 0.6) is 0 Å². The Hall–Kier alpha value is -0.610. The summed E-state index contributed by atoms with van der Waals surface area (Å²) in [6.07, 6.45) is 0.412. The van der Waals surface area contributed by atoms with Gasteiger partial charge in [0.2, 0.25) is 0 Å². The number of nitrogens with two attached hydrogens (primary N) is 1. The molecule has 2 unspecified atom stereocenters. The first-order valence-corrected chi connectivity index (χ1v) is 4.92. The number of carbonyl (C=O) groups excluding carboxylic acids is 1. The fraction of sp³-hybridized carbons (Fsp3) is 0.900. The fourth-order valence-electron chi connectivity index (χ4n) is 0.852. The summed E-state index contributed by atoms with van der Waals surface area (Å²) >= 11 is 0. The van der Waals surface area contributed by atoms with Crippen molar-refractivity contribution in [1.82, 2.24) is 4.90 Å². The van der Waals surface area contributed by atoms with Crippen LogP contribution in [0.15, 0.2) is 0 Å². The molecule has 0 saturated heterocycles. The number of ether oxygens (including phenoxy) is 1. The minimum absolute atomic E-state index is 0.0306. The predicted molar refractivity (Wildman–Crippen MR) is 57.0 cm³/mol. The van der Waals surface area contributed by atoms with E-state index in [9.17, 15) is 4.79 Å². The van der Waals surface area contributed by atoms with Crippen molar-refractivity contribution in [3.63, 3.8) is 0 Å². The smallest absolute Gasteiger partial charge is 0.250 e. The molecule has 4 nitrogen and oxygen atoms in total. The quantitative estimate of drug-likeness (QED) is 0.710. The van der Waals surface area contributed by atoms with Crippen molar-refractivity contribution in [3.8, 4) is 0 Å². The second-order valence-electron chi connectivity index (χ2n) is 4.19. The second kappa shape index (κ2) is 5.32. The van der Waals surface area contributed by atoms with Gasteiger partial charge in [-0.1, -0.05) is 6.92 Å². The zero-order chi connectivity index (χ0) is 11.4. The number of likely N-dealkylation sites (N-methyl/N-ethyl adjacent to an activating group) is 1. The summed E-state index contributed by atoms with van der Waals surface area (Å²) in [6, 6.07) is 0. The van der Waals surface area contributed by atoms with Crippen molar-refractivity contribution in [2.45, 2.75) is 38.8 Å². The molecule has 0 aromatic carbocycles. The van der Waals surface area contributed by atoms with E-state index >= 15 is 0 Å². The monoisotopic (exact) mass is 202 g/mol. The summed E-state index contributed by atoms with van der Waals surface area (Å²) in [5, 5.41) is 0. The molecule has 0 rings (SSSR count). The molecule has 0 aliphatic heterocycles. The van der Waals surface area contributed by atoms with Crippen molar-refractivity contribution in [1.29, 1.82) is 0 Å². The summed E-state index contributed by atoms with van der Waals surface area (Å²) in [4.78, 5) is 12.9. The van der Waals surface area contributed by atoms with Gasteiger partial charge in [0, 0.05) is 19.6 Å². The zero-order valence-electron chi connectivity index (χ0n) is 9.83. The first-order chi connectivity index (χ1) is 6.30. The number of hydrogen-bond donors (Lipinski definition) is 1. The Balaban J connectivity index is 3.97. The van der Waals surface area contributed by atoms with Gasteiger partial charge >= 0.3 is 0 Å². The Labute approximate surface area is 86.4 Å². The van der Waals surface area contributed by atoms with Crippen LogP contribution < -0.4 is 5.73 Å². The lowest BCUT2D eigenvalue weighted by atomic mass is 10.0.